The monoisotopic (exact) mass is 334 g/mol. The fourth-order valence-corrected chi connectivity index (χ4v) is 3.29. The van der Waals surface area contributed by atoms with Crippen LogP contribution >= 0.6 is 0 Å². The number of aryl methyl sites for hydroxylation is 2. The second kappa shape index (κ2) is 7.46. The number of sulfonamides is 1. The molecule has 124 valence electrons. The topological polar surface area (TPSA) is 68.3 Å². The van der Waals surface area contributed by atoms with Crippen LogP contribution in [0.3, 0.4) is 0 Å². The van der Waals surface area contributed by atoms with E-state index in [2.05, 4.69) is 16.6 Å². The summed E-state index contributed by atoms with van der Waals surface area (Å²) in [5, 5.41) is 0. The van der Waals surface area contributed by atoms with Crippen molar-refractivity contribution in [3.63, 3.8) is 0 Å². The van der Waals surface area contributed by atoms with E-state index >= 15 is 0 Å². The molecule has 6 heteroatoms. The molecule has 5 nitrogen and oxygen atoms in total. The minimum atomic E-state index is -3.76. The zero-order valence-corrected chi connectivity index (χ0v) is 14.5. The quantitative estimate of drug-likeness (QED) is 0.784. The maximum Gasteiger partial charge on any atom is 0.266 e. The van der Waals surface area contributed by atoms with Gasteiger partial charge in [-0.15, -0.1) is 0 Å². The van der Waals surface area contributed by atoms with Gasteiger partial charge in [0.25, 0.3) is 10.0 Å². The van der Waals surface area contributed by atoms with Gasteiger partial charge in [0, 0.05) is 6.20 Å². The molecule has 0 aliphatic carbocycles. The van der Waals surface area contributed by atoms with Gasteiger partial charge < -0.3 is 4.74 Å². The summed E-state index contributed by atoms with van der Waals surface area (Å²) in [6, 6.07) is 8.64. The highest BCUT2D eigenvalue weighted by Gasteiger charge is 2.20. The van der Waals surface area contributed by atoms with Crippen LogP contribution in [0.15, 0.2) is 41.4 Å². The van der Waals surface area contributed by atoms with Crippen LogP contribution in [0.2, 0.25) is 0 Å². The van der Waals surface area contributed by atoms with Crippen molar-refractivity contribution >= 4 is 15.8 Å². The summed E-state index contributed by atoms with van der Waals surface area (Å²) in [6.45, 7) is 6.27. The lowest BCUT2D eigenvalue weighted by atomic mass is 10.2. The Hall–Kier alpha value is -2.08. The van der Waals surface area contributed by atoms with Crippen molar-refractivity contribution in [2.24, 2.45) is 0 Å². The Balaban J connectivity index is 2.32. The van der Waals surface area contributed by atoms with Crippen molar-refractivity contribution in [2.75, 3.05) is 11.3 Å². The summed E-state index contributed by atoms with van der Waals surface area (Å²) in [6.07, 6.45) is 3.43. The molecule has 0 atom stereocenters. The number of pyridine rings is 1. The van der Waals surface area contributed by atoms with E-state index in [0.29, 0.717) is 18.2 Å². The molecule has 0 aliphatic heterocycles. The molecule has 0 unspecified atom stereocenters. The number of hydrogen-bond acceptors (Lipinski definition) is 4. The molecule has 0 spiro atoms. The summed E-state index contributed by atoms with van der Waals surface area (Å²) >= 11 is 0. The minimum Gasteiger partial charge on any atom is -0.492 e. The molecule has 23 heavy (non-hydrogen) atoms. The number of benzene rings is 1. The van der Waals surface area contributed by atoms with E-state index in [0.717, 1.165) is 24.0 Å². The van der Waals surface area contributed by atoms with Crippen molar-refractivity contribution in [3.05, 3.63) is 47.7 Å². The number of unbranched alkanes of at least 4 members (excludes halogenated alkanes) is 1. The minimum absolute atomic E-state index is 0.136. The number of nitrogens with one attached hydrogen (secondary N) is 1. The van der Waals surface area contributed by atoms with E-state index in [9.17, 15) is 8.42 Å². The van der Waals surface area contributed by atoms with Crippen LogP contribution < -0.4 is 9.46 Å². The molecule has 1 heterocycles. The Morgan fingerprint density at radius 3 is 2.57 bits per heavy atom. The van der Waals surface area contributed by atoms with Crippen LogP contribution in [0.25, 0.3) is 0 Å². The number of ether oxygens (including phenoxy) is 1. The predicted octanol–water partition coefficient (Wildman–Crippen LogP) is 3.68. The number of anilines is 1. The van der Waals surface area contributed by atoms with Crippen molar-refractivity contribution < 1.29 is 13.2 Å². The summed E-state index contributed by atoms with van der Waals surface area (Å²) in [5.74, 6) is 0.662. The summed E-state index contributed by atoms with van der Waals surface area (Å²) in [7, 11) is -3.76. The van der Waals surface area contributed by atoms with E-state index in [1.165, 1.54) is 0 Å². The molecule has 1 aromatic heterocycles. The van der Waals surface area contributed by atoms with Crippen molar-refractivity contribution in [3.8, 4) is 5.75 Å². The normalized spacial score (nSPS) is 11.3. The third-order valence-corrected chi connectivity index (χ3v) is 4.67. The Morgan fingerprint density at radius 1 is 1.13 bits per heavy atom. The van der Waals surface area contributed by atoms with Gasteiger partial charge in [0.1, 0.15) is 16.5 Å². The lowest BCUT2D eigenvalue weighted by Crippen LogP contribution is -2.16. The van der Waals surface area contributed by atoms with Gasteiger partial charge >= 0.3 is 0 Å². The molecule has 0 bridgehead atoms. The van der Waals surface area contributed by atoms with Gasteiger partial charge in [-0.05, 0) is 55.7 Å². The Labute approximate surface area is 137 Å². The van der Waals surface area contributed by atoms with E-state index in [1.54, 1.807) is 24.4 Å². The number of hydrogen-bond donors (Lipinski definition) is 1. The number of nitrogens with zero attached hydrogens (tertiary/aromatic N) is 1. The van der Waals surface area contributed by atoms with E-state index < -0.39 is 10.0 Å². The van der Waals surface area contributed by atoms with Crippen LogP contribution in [0, 0.1) is 13.8 Å². The second-order valence-electron chi connectivity index (χ2n) is 5.48. The lowest BCUT2D eigenvalue weighted by Gasteiger charge is -2.14. The fourth-order valence-electron chi connectivity index (χ4n) is 2.06. The third kappa shape index (κ3) is 4.69. The maximum atomic E-state index is 12.7. The Bertz CT molecular complexity index is 773. The Morgan fingerprint density at radius 2 is 1.87 bits per heavy atom. The molecular weight excluding hydrogens is 312 g/mol. The molecule has 1 N–H and O–H groups in total. The molecule has 0 saturated heterocycles. The molecule has 0 aliphatic rings. The van der Waals surface area contributed by atoms with Gasteiger partial charge in [-0.25, -0.2) is 13.4 Å². The molecule has 2 aromatic rings. The van der Waals surface area contributed by atoms with Gasteiger partial charge in [-0.1, -0.05) is 19.4 Å². The first-order valence-electron chi connectivity index (χ1n) is 7.61. The van der Waals surface area contributed by atoms with Gasteiger partial charge in [0.05, 0.1) is 6.61 Å². The highest BCUT2D eigenvalue weighted by Crippen LogP contribution is 2.27. The van der Waals surface area contributed by atoms with Crippen molar-refractivity contribution in [2.45, 2.75) is 38.5 Å². The lowest BCUT2D eigenvalue weighted by molar-refractivity contribution is 0.301. The number of rotatable bonds is 7. The molecular formula is C17H22N2O3S. The SMILES string of the molecule is CCCCOc1ccc(C)cc1S(=O)(=O)Nc1cc(C)ccn1. The van der Waals surface area contributed by atoms with Crippen LogP contribution in [0.1, 0.15) is 30.9 Å². The standard InChI is InChI=1S/C17H22N2O3S/c1-4-5-10-22-15-7-6-13(2)11-16(15)23(20,21)19-17-12-14(3)8-9-18-17/h6-9,11-12H,4-5,10H2,1-3H3,(H,18,19). The molecule has 0 fully saturated rings. The Kier molecular flexibility index (Phi) is 5.60. The van der Waals surface area contributed by atoms with Crippen LogP contribution in [0.4, 0.5) is 5.82 Å². The molecule has 2 rings (SSSR count). The average molecular weight is 334 g/mol. The summed E-state index contributed by atoms with van der Waals surface area (Å²) < 4.78 is 33.5. The maximum absolute atomic E-state index is 12.7. The van der Waals surface area contributed by atoms with E-state index in [-0.39, 0.29) is 4.90 Å². The van der Waals surface area contributed by atoms with Crippen molar-refractivity contribution in [1.82, 2.24) is 4.98 Å². The average Bonchev–Trinajstić information content (AvgIpc) is 2.48. The van der Waals surface area contributed by atoms with Crippen LogP contribution in [-0.2, 0) is 10.0 Å². The smallest absolute Gasteiger partial charge is 0.266 e. The third-order valence-electron chi connectivity index (χ3n) is 3.30. The molecule has 0 amide bonds. The first-order valence-corrected chi connectivity index (χ1v) is 9.09. The molecule has 0 saturated carbocycles. The fraction of sp³-hybridized carbons (Fsp3) is 0.353. The second-order valence-corrected chi connectivity index (χ2v) is 7.13. The zero-order chi connectivity index (χ0) is 16.9. The van der Waals surface area contributed by atoms with Gasteiger partial charge in [-0.3, -0.25) is 4.72 Å². The summed E-state index contributed by atoms with van der Waals surface area (Å²) in [4.78, 5) is 4.18. The van der Waals surface area contributed by atoms with Gasteiger partial charge in [0.15, 0.2) is 0 Å². The molecule has 1 aromatic carbocycles. The first kappa shape index (κ1) is 17.3. The largest absolute Gasteiger partial charge is 0.492 e. The van der Waals surface area contributed by atoms with E-state index in [4.69, 9.17) is 4.74 Å². The van der Waals surface area contributed by atoms with Crippen molar-refractivity contribution in [1.29, 1.82) is 0 Å². The van der Waals surface area contributed by atoms with Crippen LogP contribution in [0.5, 0.6) is 5.75 Å². The molecule has 0 radical (unpaired) electrons. The summed E-state index contributed by atoms with van der Waals surface area (Å²) in [5.41, 5.74) is 1.78. The van der Waals surface area contributed by atoms with Gasteiger partial charge in [-0.2, -0.15) is 0 Å². The number of aromatic nitrogens is 1. The predicted molar refractivity (Wildman–Crippen MR) is 91.4 cm³/mol. The van der Waals surface area contributed by atoms with Crippen LogP contribution in [-0.4, -0.2) is 20.0 Å². The zero-order valence-electron chi connectivity index (χ0n) is 13.7. The highest BCUT2D eigenvalue weighted by molar-refractivity contribution is 7.92. The highest BCUT2D eigenvalue weighted by atomic mass is 32.2. The van der Waals surface area contributed by atoms with E-state index in [1.807, 2.05) is 26.0 Å². The first-order chi connectivity index (χ1) is 10.9. The van der Waals surface area contributed by atoms with Gasteiger partial charge in [0.2, 0.25) is 0 Å².